The van der Waals surface area contributed by atoms with Gasteiger partial charge in [0, 0.05) is 6.54 Å². The molecule has 2 heterocycles. The van der Waals surface area contributed by atoms with Gasteiger partial charge in [-0.2, -0.15) is 11.8 Å². The lowest BCUT2D eigenvalue weighted by atomic mass is 10.1. The van der Waals surface area contributed by atoms with E-state index in [0.717, 1.165) is 35.5 Å². The Bertz CT molecular complexity index is 743. The molecule has 1 aromatic carbocycles. The number of rotatable bonds is 5. The van der Waals surface area contributed by atoms with E-state index in [4.69, 9.17) is 0 Å². The minimum Gasteiger partial charge on any atom is -0.354 e. The summed E-state index contributed by atoms with van der Waals surface area (Å²) >= 11 is 1.67. The zero-order valence-corrected chi connectivity index (χ0v) is 14.6. The fraction of sp³-hybridized carbons (Fsp3) is 0.471. The van der Waals surface area contributed by atoms with Gasteiger partial charge >= 0.3 is 0 Å². The average molecular weight is 346 g/mol. The molecule has 1 aliphatic rings. The Morgan fingerprint density at radius 1 is 1.42 bits per heavy atom. The molecule has 0 unspecified atom stereocenters. The van der Waals surface area contributed by atoms with Crippen molar-refractivity contribution in [2.75, 3.05) is 12.8 Å². The molecule has 0 saturated carbocycles. The van der Waals surface area contributed by atoms with Crippen LogP contribution < -0.4 is 10.6 Å². The first-order chi connectivity index (χ1) is 11.7. The Labute approximate surface area is 145 Å². The molecule has 2 aromatic rings. The van der Waals surface area contributed by atoms with Gasteiger partial charge in [0.1, 0.15) is 18.4 Å². The lowest BCUT2D eigenvalue weighted by Gasteiger charge is -2.16. The summed E-state index contributed by atoms with van der Waals surface area (Å²) < 4.78 is 1.94. The summed E-state index contributed by atoms with van der Waals surface area (Å²) in [6.45, 7) is 0.870. The van der Waals surface area contributed by atoms with Crippen LogP contribution in [0.4, 0.5) is 0 Å². The summed E-state index contributed by atoms with van der Waals surface area (Å²) in [6.07, 6.45) is 4.61. The number of carbonyl (C=O) groups excluding carboxylic acids is 2. The Hall–Kier alpha value is -2.02. The van der Waals surface area contributed by atoms with Gasteiger partial charge in [0.05, 0.1) is 16.8 Å². The number of imidazole rings is 1. The number of hydrogen-bond acceptors (Lipinski definition) is 4. The summed E-state index contributed by atoms with van der Waals surface area (Å²) in [5, 5.41) is 5.72. The number of nitrogens with zero attached hydrogens (tertiary/aromatic N) is 2. The second-order valence-electron chi connectivity index (χ2n) is 5.94. The zero-order chi connectivity index (χ0) is 16.9. The molecular weight excluding hydrogens is 324 g/mol. The van der Waals surface area contributed by atoms with Crippen LogP contribution in [-0.4, -0.2) is 40.2 Å². The van der Waals surface area contributed by atoms with Crippen molar-refractivity contribution in [1.29, 1.82) is 0 Å². The van der Waals surface area contributed by atoms with Crippen molar-refractivity contribution in [3.8, 4) is 0 Å². The number of aromatic nitrogens is 2. The standard InChI is InChI=1S/C17H22N4O2S/c1-24-11-15-19-12-6-2-3-8-14(12)21(15)10-16(22)20-13-7-4-5-9-18-17(13)23/h2-3,6,8,13H,4-5,7,9-11H2,1H3,(H,18,23)(H,20,22)/t13-/m1/s1. The molecule has 7 heteroatoms. The van der Waals surface area contributed by atoms with Crippen LogP contribution in [0.2, 0.25) is 0 Å². The quantitative estimate of drug-likeness (QED) is 0.864. The Balaban J connectivity index is 1.77. The molecule has 128 valence electrons. The SMILES string of the molecule is CSCc1nc2ccccc2n1CC(=O)N[C@@H]1CCCCNC1=O. The molecule has 24 heavy (non-hydrogen) atoms. The maximum absolute atomic E-state index is 12.5. The van der Waals surface area contributed by atoms with E-state index >= 15 is 0 Å². The molecule has 2 amide bonds. The highest BCUT2D eigenvalue weighted by molar-refractivity contribution is 7.97. The third-order valence-electron chi connectivity index (χ3n) is 4.18. The molecular formula is C17H22N4O2S. The van der Waals surface area contributed by atoms with E-state index in [-0.39, 0.29) is 18.4 Å². The topological polar surface area (TPSA) is 76.0 Å². The molecule has 1 atom stereocenters. The smallest absolute Gasteiger partial charge is 0.242 e. The molecule has 1 aromatic heterocycles. The highest BCUT2D eigenvalue weighted by atomic mass is 32.2. The molecule has 0 bridgehead atoms. The Kier molecular flexibility index (Phi) is 5.40. The summed E-state index contributed by atoms with van der Waals surface area (Å²) in [6, 6.07) is 7.38. The molecule has 2 N–H and O–H groups in total. The van der Waals surface area contributed by atoms with Crippen LogP contribution in [0.5, 0.6) is 0 Å². The van der Waals surface area contributed by atoms with E-state index < -0.39 is 6.04 Å². The van der Waals surface area contributed by atoms with Crippen molar-refractivity contribution in [1.82, 2.24) is 20.2 Å². The number of amides is 2. The minimum absolute atomic E-state index is 0.0827. The summed E-state index contributed by atoms with van der Waals surface area (Å²) in [4.78, 5) is 29.1. The summed E-state index contributed by atoms with van der Waals surface area (Å²) in [5.41, 5.74) is 1.84. The van der Waals surface area contributed by atoms with Crippen LogP contribution in [0, 0.1) is 0 Å². The van der Waals surface area contributed by atoms with Crippen LogP contribution in [-0.2, 0) is 21.9 Å². The predicted molar refractivity (Wildman–Crippen MR) is 95.7 cm³/mol. The van der Waals surface area contributed by atoms with Gasteiger partial charge in [-0.1, -0.05) is 12.1 Å². The number of hydrogen-bond donors (Lipinski definition) is 2. The van der Waals surface area contributed by atoms with Gasteiger partial charge in [-0.15, -0.1) is 0 Å². The van der Waals surface area contributed by atoms with Crippen LogP contribution in [0.25, 0.3) is 11.0 Å². The molecule has 6 nitrogen and oxygen atoms in total. The van der Waals surface area contributed by atoms with Gasteiger partial charge in [0.15, 0.2) is 0 Å². The van der Waals surface area contributed by atoms with Gasteiger partial charge < -0.3 is 15.2 Å². The molecule has 1 fully saturated rings. The van der Waals surface area contributed by atoms with Crippen LogP contribution in [0.1, 0.15) is 25.1 Å². The van der Waals surface area contributed by atoms with E-state index in [1.54, 1.807) is 11.8 Å². The largest absolute Gasteiger partial charge is 0.354 e. The fourth-order valence-electron chi connectivity index (χ4n) is 3.00. The Morgan fingerprint density at radius 3 is 3.08 bits per heavy atom. The minimum atomic E-state index is -0.432. The van der Waals surface area contributed by atoms with E-state index in [1.807, 2.05) is 35.1 Å². The van der Waals surface area contributed by atoms with Crippen molar-refractivity contribution < 1.29 is 9.59 Å². The number of thioether (sulfide) groups is 1. The van der Waals surface area contributed by atoms with Crippen LogP contribution in [0.15, 0.2) is 24.3 Å². The third-order valence-corrected chi connectivity index (χ3v) is 4.73. The molecule has 0 aliphatic carbocycles. The number of carbonyl (C=O) groups is 2. The molecule has 1 saturated heterocycles. The molecule has 0 spiro atoms. The lowest BCUT2D eigenvalue weighted by molar-refractivity contribution is -0.129. The summed E-state index contributed by atoms with van der Waals surface area (Å²) in [5.74, 6) is 1.39. The van der Waals surface area contributed by atoms with E-state index in [9.17, 15) is 9.59 Å². The van der Waals surface area contributed by atoms with E-state index in [2.05, 4.69) is 15.6 Å². The first-order valence-electron chi connectivity index (χ1n) is 8.19. The lowest BCUT2D eigenvalue weighted by Crippen LogP contribution is -2.46. The van der Waals surface area contributed by atoms with Crippen LogP contribution in [0.3, 0.4) is 0 Å². The normalized spacial score (nSPS) is 18.2. The second kappa shape index (κ2) is 7.70. The van der Waals surface area contributed by atoms with Gasteiger partial charge in [0.25, 0.3) is 0 Å². The zero-order valence-electron chi connectivity index (χ0n) is 13.7. The summed E-state index contributed by atoms with van der Waals surface area (Å²) in [7, 11) is 0. The van der Waals surface area contributed by atoms with Gasteiger partial charge in [-0.05, 0) is 37.7 Å². The maximum atomic E-state index is 12.5. The molecule has 3 rings (SSSR count). The second-order valence-corrected chi connectivity index (χ2v) is 6.81. The van der Waals surface area contributed by atoms with Crippen molar-refractivity contribution in [3.05, 3.63) is 30.1 Å². The first kappa shape index (κ1) is 16.8. The maximum Gasteiger partial charge on any atom is 0.242 e. The fourth-order valence-corrected chi connectivity index (χ4v) is 3.48. The first-order valence-corrected chi connectivity index (χ1v) is 9.58. The highest BCUT2D eigenvalue weighted by Crippen LogP contribution is 2.19. The van der Waals surface area contributed by atoms with E-state index in [0.29, 0.717) is 13.0 Å². The number of para-hydroxylation sites is 2. The molecule has 0 radical (unpaired) electrons. The number of benzene rings is 1. The molecule has 1 aliphatic heterocycles. The van der Waals surface area contributed by atoms with E-state index in [1.165, 1.54) is 0 Å². The van der Waals surface area contributed by atoms with Crippen molar-refractivity contribution in [2.24, 2.45) is 0 Å². The van der Waals surface area contributed by atoms with Crippen molar-refractivity contribution in [3.63, 3.8) is 0 Å². The number of nitrogens with one attached hydrogen (secondary N) is 2. The van der Waals surface area contributed by atoms with Crippen LogP contribution >= 0.6 is 11.8 Å². The van der Waals surface area contributed by atoms with Gasteiger partial charge in [0.2, 0.25) is 11.8 Å². The van der Waals surface area contributed by atoms with Gasteiger partial charge in [-0.3, -0.25) is 9.59 Å². The predicted octanol–water partition coefficient (Wildman–Crippen LogP) is 1.68. The number of fused-ring (bicyclic) bond motifs is 1. The average Bonchev–Trinajstić information content (AvgIpc) is 2.77. The highest BCUT2D eigenvalue weighted by Gasteiger charge is 2.23. The van der Waals surface area contributed by atoms with Crippen molar-refractivity contribution >= 4 is 34.6 Å². The third kappa shape index (κ3) is 3.72. The Morgan fingerprint density at radius 2 is 2.25 bits per heavy atom. The van der Waals surface area contributed by atoms with Crippen molar-refractivity contribution in [2.45, 2.75) is 37.6 Å². The van der Waals surface area contributed by atoms with Gasteiger partial charge in [-0.25, -0.2) is 4.98 Å². The monoisotopic (exact) mass is 346 g/mol.